The van der Waals surface area contributed by atoms with Crippen LogP contribution in [0, 0.1) is 5.92 Å². The van der Waals surface area contributed by atoms with E-state index >= 15 is 0 Å². The zero-order chi connectivity index (χ0) is 14.7. The Bertz CT molecular complexity index is 583. The van der Waals surface area contributed by atoms with Crippen LogP contribution in [0.4, 0.5) is 0 Å². The molecule has 0 bridgehead atoms. The molecule has 1 amide bonds. The number of rotatable bonds is 4. The van der Waals surface area contributed by atoms with Crippen LogP contribution in [0.1, 0.15) is 29.4 Å². The van der Waals surface area contributed by atoms with Crippen LogP contribution in [-0.4, -0.2) is 37.0 Å². The van der Waals surface area contributed by atoms with E-state index in [1.54, 1.807) is 11.3 Å². The lowest BCUT2D eigenvalue weighted by molar-refractivity contribution is 0.0732. The van der Waals surface area contributed by atoms with Crippen LogP contribution in [0.3, 0.4) is 0 Å². The van der Waals surface area contributed by atoms with Gasteiger partial charge >= 0.3 is 0 Å². The minimum absolute atomic E-state index is 0.192. The first-order valence-electron chi connectivity index (χ1n) is 7.76. The van der Waals surface area contributed by atoms with Gasteiger partial charge in [-0.15, -0.1) is 11.3 Å². The van der Waals surface area contributed by atoms with Crippen LogP contribution in [0.25, 0.3) is 10.1 Å². The van der Waals surface area contributed by atoms with E-state index in [2.05, 4.69) is 24.4 Å². The van der Waals surface area contributed by atoms with E-state index in [1.165, 1.54) is 22.9 Å². The third kappa shape index (κ3) is 3.27. The number of fused-ring (bicyclic) bond motifs is 1. The lowest BCUT2D eigenvalue weighted by Crippen LogP contribution is -2.39. The maximum atomic E-state index is 12.7. The Morgan fingerprint density at radius 2 is 2.10 bits per heavy atom. The van der Waals surface area contributed by atoms with Gasteiger partial charge in [0.05, 0.1) is 4.88 Å². The predicted molar refractivity (Wildman–Crippen MR) is 89.0 cm³/mol. The van der Waals surface area contributed by atoms with Gasteiger partial charge in [-0.3, -0.25) is 4.79 Å². The van der Waals surface area contributed by atoms with Crippen molar-refractivity contribution in [3.05, 3.63) is 35.2 Å². The van der Waals surface area contributed by atoms with Gasteiger partial charge in [-0.1, -0.05) is 18.2 Å². The summed E-state index contributed by atoms with van der Waals surface area (Å²) in [7, 11) is 0. The molecule has 0 aliphatic carbocycles. The molecule has 112 valence electrons. The van der Waals surface area contributed by atoms with Crippen LogP contribution >= 0.6 is 11.3 Å². The van der Waals surface area contributed by atoms with Crippen molar-refractivity contribution in [3.8, 4) is 0 Å². The molecule has 0 unspecified atom stereocenters. The highest BCUT2D eigenvalue weighted by molar-refractivity contribution is 7.20. The van der Waals surface area contributed by atoms with E-state index in [9.17, 15) is 4.79 Å². The summed E-state index contributed by atoms with van der Waals surface area (Å²) in [6.07, 6.45) is 2.35. The molecule has 2 aromatic rings. The number of amides is 1. The van der Waals surface area contributed by atoms with E-state index in [1.807, 2.05) is 23.1 Å². The Labute approximate surface area is 130 Å². The Morgan fingerprint density at radius 1 is 1.33 bits per heavy atom. The van der Waals surface area contributed by atoms with Crippen molar-refractivity contribution < 1.29 is 4.79 Å². The highest BCUT2D eigenvalue weighted by Gasteiger charge is 2.21. The van der Waals surface area contributed by atoms with Crippen LogP contribution in [0.5, 0.6) is 0 Å². The average molecular weight is 302 g/mol. The van der Waals surface area contributed by atoms with E-state index < -0.39 is 0 Å². The topological polar surface area (TPSA) is 32.3 Å². The maximum Gasteiger partial charge on any atom is 0.263 e. The highest BCUT2D eigenvalue weighted by Crippen LogP contribution is 2.27. The first kappa shape index (κ1) is 14.5. The fourth-order valence-electron chi connectivity index (χ4n) is 2.97. The Kier molecular flexibility index (Phi) is 4.56. The van der Waals surface area contributed by atoms with Crippen molar-refractivity contribution in [3.63, 3.8) is 0 Å². The largest absolute Gasteiger partial charge is 0.338 e. The first-order valence-corrected chi connectivity index (χ1v) is 8.58. The van der Waals surface area contributed by atoms with Crippen molar-refractivity contribution in [2.75, 3.05) is 26.2 Å². The lowest BCUT2D eigenvalue weighted by atomic mass is 9.97. The third-order valence-electron chi connectivity index (χ3n) is 4.24. The van der Waals surface area contributed by atoms with E-state index in [4.69, 9.17) is 0 Å². The molecule has 0 saturated carbocycles. The molecule has 1 N–H and O–H groups in total. The molecule has 3 rings (SSSR count). The summed E-state index contributed by atoms with van der Waals surface area (Å²) >= 11 is 1.61. The number of carbonyl (C=O) groups is 1. The van der Waals surface area contributed by atoms with Gasteiger partial charge < -0.3 is 10.2 Å². The minimum atomic E-state index is 0.192. The van der Waals surface area contributed by atoms with Gasteiger partial charge in [0.15, 0.2) is 0 Å². The van der Waals surface area contributed by atoms with Crippen molar-refractivity contribution >= 4 is 27.3 Å². The quantitative estimate of drug-likeness (QED) is 0.939. The summed E-state index contributed by atoms with van der Waals surface area (Å²) < 4.78 is 1.19. The molecule has 1 saturated heterocycles. The van der Waals surface area contributed by atoms with Crippen LogP contribution in [0.15, 0.2) is 30.3 Å². The first-order chi connectivity index (χ1) is 10.3. The van der Waals surface area contributed by atoms with Gasteiger partial charge in [-0.2, -0.15) is 0 Å². The molecule has 1 fully saturated rings. The molecule has 3 nitrogen and oxygen atoms in total. The zero-order valence-corrected chi connectivity index (χ0v) is 13.3. The summed E-state index contributed by atoms with van der Waals surface area (Å²) in [5, 5.41) is 4.55. The molecule has 1 aromatic carbocycles. The number of hydrogen-bond donors (Lipinski definition) is 1. The van der Waals surface area contributed by atoms with E-state index in [0.717, 1.165) is 31.1 Å². The van der Waals surface area contributed by atoms with Crippen LogP contribution in [0.2, 0.25) is 0 Å². The molecular weight excluding hydrogens is 280 g/mol. The number of hydrogen-bond acceptors (Lipinski definition) is 3. The molecule has 1 aromatic heterocycles. The number of thiophene rings is 1. The van der Waals surface area contributed by atoms with Crippen molar-refractivity contribution in [1.29, 1.82) is 0 Å². The Morgan fingerprint density at radius 3 is 2.81 bits per heavy atom. The highest BCUT2D eigenvalue weighted by atomic mass is 32.1. The molecule has 4 heteroatoms. The summed E-state index contributed by atoms with van der Waals surface area (Å²) in [5.74, 6) is 0.835. The summed E-state index contributed by atoms with van der Waals surface area (Å²) in [6.45, 7) is 5.92. The zero-order valence-electron chi connectivity index (χ0n) is 12.5. The molecule has 0 atom stereocenters. The second-order valence-corrected chi connectivity index (χ2v) is 6.77. The molecule has 1 aliphatic heterocycles. The number of benzene rings is 1. The number of piperidine rings is 1. The number of nitrogens with zero attached hydrogens (tertiary/aromatic N) is 1. The van der Waals surface area contributed by atoms with Gasteiger partial charge in [0, 0.05) is 17.8 Å². The van der Waals surface area contributed by atoms with E-state index in [0.29, 0.717) is 5.92 Å². The molecule has 0 spiro atoms. The second kappa shape index (κ2) is 6.58. The van der Waals surface area contributed by atoms with Crippen LogP contribution < -0.4 is 5.32 Å². The molecule has 2 heterocycles. The lowest BCUT2D eigenvalue weighted by Gasteiger charge is -2.29. The third-order valence-corrected chi connectivity index (χ3v) is 5.35. The van der Waals surface area contributed by atoms with Crippen LogP contribution in [-0.2, 0) is 0 Å². The summed E-state index contributed by atoms with van der Waals surface area (Å²) in [5.41, 5.74) is 0. The second-order valence-electron chi connectivity index (χ2n) is 5.69. The molecule has 21 heavy (non-hydrogen) atoms. The van der Waals surface area contributed by atoms with Crippen molar-refractivity contribution in [2.24, 2.45) is 5.92 Å². The number of nitrogens with one attached hydrogen (secondary N) is 1. The van der Waals surface area contributed by atoms with Crippen molar-refractivity contribution in [2.45, 2.75) is 19.8 Å². The molecule has 0 radical (unpaired) electrons. The monoisotopic (exact) mass is 302 g/mol. The fourth-order valence-corrected chi connectivity index (χ4v) is 4.01. The maximum absolute atomic E-state index is 12.7. The fraction of sp³-hybridized carbons (Fsp3) is 0.471. The SMILES string of the molecule is CCN(CC1CCNCC1)C(=O)c1cc2ccccc2s1. The Hall–Kier alpha value is -1.39. The average Bonchev–Trinajstić information content (AvgIpc) is 2.97. The van der Waals surface area contributed by atoms with Gasteiger partial charge in [0.25, 0.3) is 5.91 Å². The van der Waals surface area contributed by atoms with Crippen molar-refractivity contribution in [1.82, 2.24) is 10.2 Å². The molecular formula is C17H22N2OS. The van der Waals surface area contributed by atoms with E-state index in [-0.39, 0.29) is 5.91 Å². The smallest absolute Gasteiger partial charge is 0.263 e. The predicted octanol–water partition coefficient (Wildman–Crippen LogP) is 3.36. The number of carbonyl (C=O) groups excluding carboxylic acids is 1. The van der Waals surface area contributed by atoms with Gasteiger partial charge in [0.2, 0.25) is 0 Å². The minimum Gasteiger partial charge on any atom is -0.338 e. The van der Waals surface area contributed by atoms with Gasteiger partial charge in [-0.25, -0.2) is 0 Å². The van der Waals surface area contributed by atoms with Gasteiger partial charge in [0.1, 0.15) is 0 Å². The van der Waals surface area contributed by atoms with Gasteiger partial charge in [-0.05, 0) is 56.3 Å². The standard InChI is InChI=1S/C17H22N2OS/c1-2-19(12-13-7-9-18-10-8-13)17(20)16-11-14-5-3-4-6-15(14)21-16/h3-6,11,13,18H,2,7-10,12H2,1H3. The normalized spacial score (nSPS) is 16.2. The summed E-state index contributed by atoms with van der Waals surface area (Å²) in [4.78, 5) is 15.6. The molecule has 1 aliphatic rings. The Balaban J connectivity index is 1.74. The summed E-state index contributed by atoms with van der Waals surface area (Å²) in [6, 6.07) is 10.2.